The number of hydrogen-bond acceptors (Lipinski definition) is 3. The van der Waals surface area contributed by atoms with E-state index in [0.29, 0.717) is 11.1 Å². The zero-order chi connectivity index (χ0) is 12.7. The normalized spacial score (nSPS) is 8.65. The molecule has 0 radical (unpaired) electrons. The molecule has 0 aliphatic heterocycles. The topological polar surface area (TPSA) is 83.9 Å². The standard InChI is InChI=1S/C13H10N2O2/c14-9-8-12(16)11-6-2-1-4-10(11)5-3-7-13(15)17/h1-2,4,6H,7-8H2,(H2,15,17). The van der Waals surface area contributed by atoms with Gasteiger partial charge in [0.2, 0.25) is 5.91 Å². The van der Waals surface area contributed by atoms with Crippen LogP contribution in [-0.4, -0.2) is 11.7 Å². The number of rotatable bonds is 3. The Hall–Kier alpha value is -2.59. The van der Waals surface area contributed by atoms with Gasteiger partial charge in [-0.15, -0.1) is 0 Å². The van der Waals surface area contributed by atoms with Crippen molar-refractivity contribution in [3.8, 4) is 17.9 Å². The number of ketones is 1. The van der Waals surface area contributed by atoms with E-state index in [2.05, 4.69) is 11.8 Å². The Morgan fingerprint density at radius 2 is 1.94 bits per heavy atom. The number of amides is 1. The van der Waals surface area contributed by atoms with Crippen LogP contribution in [0.4, 0.5) is 0 Å². The molecule has 1 aromatic rings. The fourth-order valence-electron chi connectivity index (χ4n) is 1.23. The molecule has 0 bridgehead atoms. The summed E-state index contributed by atoms with van der Waals surface area (Å²) in [4.78, 5) is 22.1. The fourth-order valence-corrected chi connectivity index (χ4v) is 1.23. The van der Waals surface area contributed by atoms with E-state index in [1.807, 2.05) is 0 Å². The van der Waals surface area contributed by atoms with Gasteiger partial charge in [0.25, 0.3) is 0 Å². The highest BCUT2D eigenvalue weighted by molar-refractivity contribution is 5.99. The van der Waals surface area contributed by atoms with E-state index >= 15 is 0 Å². The molecule has 1 rings (SSSR count). The first kappa shape index (κ1) is 12.5. The highest BCUT2D eigenvalue weighted by atomic mass is 16.1. The maximum atomic E-state index is 11.6. The first-order valence-corrected chi connectivity index (χ1v) is 4.91. The Morgan fingerprint density at radius 1 is 1.24 bits per heavy atom. The molecule has 0 spiro atoms. The van der Waals surface area contributed by atoms with E-state index in [0.717, 1.165) is 0 Å². The molecule has 4 heteroatoms. The Kier molecular flexibility index (Phi) is 4.47. The van der Waals surface area contributed by atoms with Gasteiger partial charge in [-0.1, -0.05) is 30.0 Å². The third-order valence-electron chi connectivity index (χ3n) is 1.95. The number of benzene rings is 1. The van der Waals surface area contributed by atoms with E-state index in [1.54, 1.807) is 30.3 Å². The zero-order valence-electron chi connectivity index (χ0n) is 9.06. The minimum atomic E-state index is -0.515. The van der Waals surface area contributed by atoms with Crippen molar-refractivity contribution in [2.45, 2.75) is 12.8 Å². The number of primary amides is 1. The molecule has 4 nitrogen and oxygen atoms in total. The molecule has 0 saturated heterocycles. The highest BCUT2D eigenvalue weighted by Crippen LogP contribution is 2.09. The number of nitriles is 1. The number of carbonyl (C=O) groups excluding carboxylic acids is 2. The molecule has 17 heavy (non-hydrogen) atoms. The molecule has 0 unspecified atom stereocenters. The van der Waals surface area contributed by atoms with Crippen molar-refractivity contribution in [3.05, 3.63) is 35.4 Å². The Labute approximate surface area is 99.0 Å². The van der Waals surface area contributed by atoms with Gasteiger partial charge in [-0.05, 0) is 6.07 Å². The average Bonchev–Trinajstić information content (AvgIpc) is 2.29. The van der Waals surface area contributed by atoms with Crippen LogP contribution in [0.3, 0.4) is 0 Å². The van der Waals surface area contributed by atoms with Gasteiger partial charge in [0.1, 0.15) is 0 Å². The quantitative estimate of drug-likeness (QED) is 0.616. The van der Waals surface area contributed by atoms with Gasteiger partial charge in [-0.2, -0.15) is 5.26 Å². The van der Waals surface area contributed by atoms with Crippen molar-refractivity contribution in [1.29, 1.82) is 5.26 Å². The monoisotopic (exact) mass is 226 g/mol. The van der Waals surface area contributed by atoms with Crippen LogP contribution >= 0.6 is 0 Å². The highest BCUT2D eigenvalue weighted by Gasteiger charge is 2.08. The molecule has 1 aromatic carbocycles. The van der Waals surface area contributed by atoms with Gasteiger partial charge in [0, 0.05) is 11.1 Å². The summed E-state index contributed by atoms with van der Waals surface area (Å²) in [7, 11) is 0. The van der Waals surface area contributed by atoms with Gasteiger partial charge < -0.3 is 5.73 Å². The van der Waals surface area contributed by atoms with Crippen molar-refractivity contribution >= 4 is 11.7 Å². The van der Waals surface area contributed by atoms with Crippen LogP contribution in [0.15, 0.2) is 24.3 Å². The van der Waals surface area contributed by atoms with Crippen LogP contribution in [0.25, 0.3) is 0 Å². The lowest BCUT2D eigenvalue weighted by Gasteiger charge is -1.99. The molecule has 0 fully saturated rings. The second-order valence-electron chi connectivity index (χ2n) is 3.25. The van der Waals surface area contributed by atoms with Crippen LogP contribution in [-0.2, 0) is 4.79 Å². The number of nitrogens with zero attached hydrogens (tertiary/aromatic N) is 1. The third kappa shape index (κ3) is 3.81. The molecule has 0 aliphatic rings. The summed E-state index contributed by atoms with van der Waals surface area (Å²) in [6, 6.07) is 8.50. The predicted molar refractivity (Wildman–Crippen MR) is 61.7 cm³/mol. The van der Waals surface area contributed by atoms with Gasteiger partial charge in [0.15, 0.2) is 5.78 Å². The summed E-state index contributed by atoms with van der Waals surface area (Å²) in [5.41, 5.74) is 5.85. The lowest BCUT2D eigenvalue weighted by Crippen LogP contribution is -2.08. The smallest absolute Gasteiger partial charge is 0.229 e. The summed E-state index contributed by atoms with van der Waals surface area (Å²) in [6.45, 7) is 0. The summed E-state index contributed by atoms with van der Waals surface area (Å²) in [6.07, 6.45) is -0.241. The first-order chi connectivity index (χ1) is 8.15. The molecule has 2 N–H and O–H groups in total. The number of carbonyl (C=O) groups is 2. The molecular weight excluding hydrogens is 216 g/mol. The number of nitrogens with two attached hydrogens (primary N) is 1. The summed E-state index contributed by atoms with van der Waals surface area (Å²) in [5, 5.41) is 8.47. The zero-order valence-corrected chi connectivity index (χ0v) is 9.06. The Morgan fingerprint density at radius 3 is 2.59 bits per heavy atom. The van der Waals surface area contributed by atoms with Crippen LogP contribution in [0, 0.1) is 23.2 Å². The van der Waals surface area contributed by atoms with Crippen molar-refractivity contribution in [1.82, 2.24) is 0 Å². The van der Waals surface area contributed by atoms with E-state index < -0.39 is 5.91 Å². The second kappa shape index (κ2) is 6.09. The van der Waals surface area contributed by atoms with Gasteiger partial charge in [0.05, 0.1) is 18.9 Å². The molecule has 0 aromatic heterocycles. The first-order valence-electron chi connectivity index (χ1n) is 4.91. The summed E-state index contributed by atoms with van der Waals surface area (Å²) < 4.78 is 0. The SMILES string of the molecule is N#CCC(=O)c1ccccc1C#CCC(N)=O. The molecule has 0 aliphatic carbocycles. The van der Waals surface area contributed by atoms with Crippen molar-refractivity contribution < 1.29 is 9.59 Å². The maximum absolute atomic E-state index is 11.6. The van der Waals surface area contributed by atoms with E-state index in [-0.39, 0.29) is 18.6 Å². The Bertz CT molecular complexity index is 545. The van der Waals surface area contributed by atoms with Crippen LogP contribution in [0.1, 0.15) is 28.8 Å². The average molecular weight is 226 g/mol. The second-order valence-corrected chi connectivity index (χ2v) is 3.25. The molecule has 0 heterocycles. The van der Waals surface area contributed by atoms with Crippen molar-refractivity contribution in [3.63, 3.8) is 0 Å². The molecule has 1 amide bonds. The van der Waals surface area contributed by atoms with E-state index in [9.17, 15) is 9.59 Å². The van der Waals surface area contributed by atoms with Gasteiger partial charge >= 0.3 is 0 Å². The predicted octanol–water partition coefficient (Wildman–Crippen LogP) is 1.01. The number of hydrogen-bond donors (Lipinski definition) is 1. The lowest BCUT2D eigenvalue weighted by molar-refractivity contribution is -0.117. The minimum Gasteiger partial charge on any atom is -0.369 e. The lowest BCUT2D eigenvalue weighted by atomic mass is 10.0. The van der Waals surface area contributed by atoms with Gasteiger partial charge in [-0.3, -0.25) is 9.59 Å². The summed E-state index contributed by atoms with van der Waals surface area (Å²) >= 11 is 0. The maximum Gasteiger partial charge on any atom is 0.229 e. The minimum absolute atomic E-state index is 0.0548. The molecule has 0 atom stereocenters. The molecule has 84 valence electrons. The molecule has 0 saturated carbocycles. The van der Waals surface area contributed by atoms with E-state index in [4.69, 9.17) is 11.0 Å². The van der Waals surface area contributed by atoms with Gasteiger partial charge in [-0.25, -0.2) is 0 Å². The van der Waals surface area contributed by atoms with Crippen molar-refractivity contribution in [2.75, 3.05) is 0 Å². The van der Waals surface area contributed by atoms with Crippen LogP contribution < -0.4 is 5.73 Å². The van der Waals surface area contributed by atoms with Crippen molar-refractivity contribution in [2.24, 2.45) is 5.73 Å². The van der Waals surface area contributed by atoms with Crippen LogP contribution in [0.5, 0.6) is 0 Å². The third-order valence-corrected chi connectivity index (χ3v) is 1.95. The summed E-state index contributed by atoms with van der Waals surface area (Å²) in [5.74, 6) is 4.49. The Balaban J connectivity index is 2.99. The molecular formula is C13H10N2O2. The largest absolute Gasteiger partial charge is 0.369 e. The fraction of sp³-hybridized carbons (Fsp3) is 0.154. The van der Waals surface area contributed by atoms with E-state index in [1.165, 1.54) is 0 Å². The van der Waals surface area contributed by atoms with Crippen LogP contribution in [0.2, 0.25) is 0 Å². The number of Topliss-reactive ketones (excluding diaryl/α,β-unsaturated/α-hetero) is 1.